The Kier molecular flexibility index (Phi) is 4.05. The Morgan fingerprint density at radius 3 is 2.50 bits per heavy atom. The first-order valence-electron chi connectivity index (χ1n) is 6.01. The fourth-order valence-corrected chi connectivity index (χ4v) is 2.62. The van der Waals surface area contributed by atoms with Gasteiger partial charge in [0.1, 0.15) is 0 Å². The molecule has 1 aromatic carbocycles. The van der Waals surface area contributed by atoms with E-state index in [9.17, 15) is 5.11 Å². The molecule has 3 heteroatoms. The molecule has 96 valence electrons. The molecule has 0 amide bonds. The third-order valence-corrected chi connectivity index (χ3v) is 4.62. The second-order valence-electron chi connectivity index (χ2n) is 4.76. The van der Waals surface area contributed by atoms with Gasteiger partial charge >= 0.3 is 0 Å². The van der Waals surface area contributed by atoms with Gasteiger partial charge in [-0.05, 0) is 30.8 Å². The average Bonchev–Trinajstić information content (AvgIpc) is 2.39. The van der Waals surface area contributed by atoms with E-state index in [1.807, 2.05) is 32.3 Å². The summed E-state index contributed by atoms with van der Waals surface area (Å²) in [6.07, 6.45) is 5.03. The molecule has 0 radical (unpaired) electrons. The highest BCUT2D eigenvalue weighted by molar-refractivity contribution is 9.10. The molecule has 1 aliphatic carbocycles. The van der Waals surface area contributed by atoms with Gasteiger partial charge in [0.15, 0.2) is 0 Å². The van der Waals surface area contributed by atoms with Crippen LogP contribution in [0.1, 0.15) is 12.0 Å². The van der Waals surface area contributed by atoms with Crippen molar-refractivity contribution in [1.82, 2.24) is 4.90 Å². The number of likely N-dealkylation sites (N-methyl/N-ethyl adjacent to an activating group) is 1. The number of benzene rings is 1. The molecule has 18 heavy (non-hydrogen) atoms. The number of aliphatic hydroxyl groups is 1. The zero-order valence-corrected chi connectivity index (χ0v) is 12.3. The van der Waals surface area contributed by atoms with E-state index >= 15 is 0 Å². The summed E-state index contributed by atoms with van der Waals surface area (Å²) >= 11 is 3.74. The molecule has 1 atom stereocenters. The van der Waals surface area contributed by atoms with Gasteiger partial charge in [0.05, 0.1) is 11.1 Å². The summed E-state index contributed by atoms with van der Waals surface area (Å²) in [6, 6.07) is 10.2. The summed E-state index contributed by atoms with van der Waals surface area (Å²) in [7, 11) is 4.06. The van der Waals surface area contributed by atoms with E-state index in [2.05, 4.69) is 45.1 Å². The standard InChI is InChI=1S/C15H18BrNO/c1-17(2)15(16)9-8-14(13(10-15)11-18)12-6-4-3-5-7-12/h3-9,18H,10-11H2,1-2H3. The molecule has 0 saturated heterocycles. The second kappa shape index (κ2) is 5.39. The SMILES string of the molecule is CN(C)C1(Br)C=CC(c2ccccc2)=C(CO)C1. The van der Waals surface area contributed by atoms with Crippen LogP contribution in [0.4, 0.5) is 0 Å². The lowest BCUT2D eigenvalue weighted by Gasteiger charge is -2.35. The maximum Gasteiger partial charge on any atom is 0.0989 e. The predicted octanol–water partition coefficient (Wildman–Crippen LogP) is 3.05. The van der Waals surface area contributed by atoms with Crippen LogP contribution in [0.25, 0.3) is 5.57 Å². The molecular weight excluding hydrogens is 290 g/mol. The fraction of sp³-hybridized carbons (Fsp3) is 0.333. The van der Waals surface area contributed by atoms with Gasteiger partial charge in [0, 0.05) is 6.42 Å². The monoisotopic (exact) mass is 307 g/mol. The molecule has 0 heterocycles. The molecule has 0 spiro atoms. The largest absolute Gasteiger partial charge is 0.392 e. The second-order valence-corrected chi connectivity index (χ2v) is 6.14. The maximum absolute atomic E-state index is 9.61. The highest BCUT2D eigenvalue weighted by atomic mass is 79.9. The number of allylic oxidation sites excluding steroid dienone is 2. The van der Waals surface area contributed by atoms with Crippen LogP contribution in [-0.2, 0) is 0 Å². The molecule has 2 rings (SSSR count). The van der Waals surface area contributed by atoms with Gasteiger partial charge in [0.2, 0.25) is 0 Å². The van der Waals surface area contributed by atoms with E-state index in [0.29, 0.717) is 0 Å². The van der Waals surface area contributed by atoms with Crippen molar-refractivity contribution in [3.63, 3.8) is 0 Å². The highest BCUT2D eigenvalue weighted by Gasteiger charge is 2.31. The van der Waals surface area contributed by atoms with Crippen molar-refractivity contribution in [2.75, 3.05) is 20.7 Å². The van der Waals surface area contributed by atoms with E-state index in [1.165, 1.54) is 0 Å². The van der Waals surface area contributed by atoms with Crippen molar-refractivity contribution in [1.29, 1.82) is 0 Å². The summed E-state index contributed by atoms with van der Waals surface area (Å²) in [5.41, 5.74) is 3.36. The van der Waals surface area contributed by atoms with Crippen molar-refractivity contribution < 1.29 is 5.11 Å². The van der Waals surface area contributed by atoms with Crippen LogP contribution in [0.2, 0.25) is 0 Å². The van der Waals surface area contributed by atoms with Crippen LogP contribution in [-0.4, -0.2) is 35.2 Å². The molecule has 1 aliphatic rings. The quantitative estimate of drug-likeness (QED) is 0.685. The van der Waals surface area contributed by atoms with Gasteiger partial charge in [-0.15, -0.1) is 0 Å². The first kappa shape index (κ1) is 13.5. The highest BCUT2D eigenvalue weighted by Crippen LogP contribution is 2.38. The van der Waals surface area contributed by atoms with Crippen LogP contribution in [0.3, 0.4) is 0 Å². The van der Waals surface area contributed by atoms with Gasteiger partial charge in [-0.3, -0.25) is 4.90 Å². The number of nitrogens with zero attached hydrogens (tertiary/aromatic N) is 1. The van der Waals surface area contributed by atoms with Gasteiger partial charge in [0.25, 0.3) is 0 Å². The van der Waals surface area contributed by atoms with Gasteiger partial charge < -0.3 is 5.11 Å². The molecule has 1 aromatic rings. The van der Waals surface area contributed by atoms with Gasteiger partial charge in [-0.2, -0.15) is 0 Å². The first-order valence-corrected chi connectivity index (χ1v) is 6.80. The molecule has 1 unspecified atom stereocenters. The lowest BCUT2D eigenvalue weighted by Crippen LogP contribution is -2.38. The molecule has 2 nitrogen and oxygen atoms in total. The van der Waals surface area contributed by atoms with E-state index < -0.39 is 0 Å². The summed E-state index contributed by atoms with van der Waals surface area (Å²) in [6.45, 7) is 0.0930. The van der Waals surface area contributed by atoms with Crippen molar-refractivity contribution >= 4 is 21.5 Å². The Balaban J connectivity index is 2.38. The summed E-state index contributed by atoms with van der Waals surface area (Å²) in [4.78, 5) is 2.11. The van der Waals surface area contributed by atoms with Gasteiger partial charge in [-0.1, -0.05) is 58.4 Å². The van der Waals surface area contributed by atoms with Crippen LogP contribution in [0.5, 0.6) is 0 Å². The zero-order chi connectivity index (χ0) is 13.2. The summed E-state index contributed by atoms with van der Waals surface area (Å²) < 4.78 is -0.191. The Hall–Kier alpha value is -0.900. The molecule has 0 bridgehead atoms. The number of aliphatic hydroxyl groups excluding tert-OH is 1. The Morgan fingerprint density at radius 1 is 1.28 bits per heavy atom. The third kappa shape index (κ3) is 2.58. The maximum atomic E-state index is 9.61. The van der Waals surface area contributed by atoms with Crippen LogP contribution in [0, 0.1) is 0 Å². The van der Waals surface area contributed by atoms with Crippen molar-refractivity contribution in [2.45, 2.75) is 10.9 Å². The predicted molar refractivity (Wildman–Crippen MR) is 79.5 cm³/mol. The summed E-state index contributed by atoms with van der Waals surface area (Å²) in [5, 5.41) is 9.61. The van der Waals surface area contributed by atoms with Crippen molar-refractivity contribution in [2.24, 2.45) is 0 Å². The normalized spacial score (nSPS) is 23.8. The lowest BCUT2D eigenvalue weighted by atomic mass is 9.90. The minimum atomic E-state index is -0.191. The smallest absolute Gasteiger partial charge is 0.0989 e. The number of halogens is 1. The molecule has 0 fully saturated rings. The average molecular weight is 308 g/mol. The molecule has 1 N–H and O–H groups in total. The summed E-state index contributed by atoms with van der Waals surface area (Å²) in [5.74, 6) is 0. The topological polar surface area (TPSA) is 23.5 Å². The number of hydrogen-bond donors (Lipinski definition) is 1. The van der Waals surface area contributed by atoms with Crippen LogP contribution in [0.15, 0.2) is 48.1 Å². The van der Waals surface area contributed by atoms with Crippen molar-refractivity contribution in [3.05, 3.63) is 53.6 Å². The Bertz CT molecular complexity index is 479. The van der Waals surface area contributed by atoms with E-state index in [1.54, 1.807) is 0 Å². The van der Waals surface area contributed by atoms with E-state index in [0.717, 1.165) is 23.1 Å². The zero-order valence-electron chi connectivity index (χ0n) is 10.7. The van der Waals surface area contributed by atoms with E-state index in [4.69, 9.17) is 0 Å². The van der Waals surface area contributed by atoms with Crippen LogP contribution < -0.4 is 0 Å². The number of alkyl halides is 1. The Morgan fingerprint density at radius 2 is 1.94 bits per heavy atom. The first-order chi connectivity index (χ1) is 8.57. The van der Waals surface area contributed by atoms with Crippen molar-refractivity contribution in [3.8, 4) is 0 Å². The number of hydrogen-bond acceptors (Lipinski definition) is 2. The minimum Gasteiger partial charge on any atom is -0.392 e. The molecular formula is C15H18BrNO. The molecule has 0 aliphatic heterocycles. The fourth-order valence-electron chi connectivity index (χ4n) is 2.15. The minimum absolute atomic E-state index is 0.0930. The van der Waals surface area contributed by atoms with Gasteiger partial charge in [-0.25, -0.2) is 0 Å². The molecule has 0 saturated carbocycles. The Labute approximate surface area is 117 Å². The number of rotatable bonds is 3. The lowest BCUT2D eigenvalue weighted by molar-refractivity contribution is 0.284. The third-order valence-electron chi connectivity index (χ3n) is 3.37. The van der Waals surface area contributed by atoms with E-state index in [-0.39, 0.29) is 11.1 Å². The molecule has 0 aromatic heterocycles. The van der Waals surface area contributed by atoms with Crippen LogP contribution >= 0.6 is 15.9 Å².